The van der Waals surface area contributed by atoms with Crippen molar-refractivity contribution in [3.63, 3.8) is 0 Å². The Morgan fingerprint density at radius 3 is 2.29 bits per heavy atom. The van der Waals surface area contributed by atoms with Gasteiger partial charge in [0, 0.05) is 11.3 Å². The number of benzene rings is 2. The van der Waals surface area contributed by atoms with Gasteiger partial charge in [0.1, 0.15) is 17.2 Å². The third-order valence-electron chi connectivity index (χ3n) is 3.27. The average Bonchev–Trinajstić information content (AvgIpc) is 2.60. The van der Waals surface area contributed by atoms with Crippen LogP contribution in [0, 0.1) is 0 Å². The Kier molecular flexibility index (Phi) is 5.97. The summed E-state index contributed by atoms with van der Waals surface area (Å²) >= 11 is 5.20. The third kappa shape index (κ3) is 4.60. The van der Waals surface area contributed by atoms with E-state index in [9.17, 15) is 5.11 Å². The molecule has 0 aliphatic rings. The highest BCUT2D eigenvalue weighted by molar-refractivity contribution is 7.80. The number of ether oxygens (including phenoxy) is 2. The monoisotopic (exact) mass is 345 g/mol. The molecule has 0 radical (unpaired) electrons. The zero-order chi connectivity index (χ0) is 17.5. The fourth-order valence-corrected chi connectivity index (χ4v) is 2.12. The van der Waals surface area contributed by atoms with E-state index in [0.717, 1.165) is 11.4 Å². The van der Waals surface area contributed by atoms with Crippen molar-refractivity contribution < 1.29 is 14.6 Å². The van der Waals surface area contributed by atoms with Crippen LogP contribution in [0.2, 0.25) is 0 Å². The summed E-state index contributed by atoms with van der Waals surface area (Å²) in [5.74, 6) is 1.52. The van der Waals surface area contributed by atoms with Crippen molar-refractivity contribution in [2.45, 2.75) is 6.92 Å². The van der Waals surface area contributed by atoms with Crippen LogP contribution in [0.1, 0.15) is 12.5 Å². The minimum atomic E-state index is 0.118. The number of hydrogen-bond acceptors (Lipinski definition) is 5. The van der Waals surface area contributed by atoms with Crippen molar-refractivity contribution in [1.29, 1.82) is 0 Å². The van der Waals surface area contributed by atoms with Crippen molar-refractivity contribution in [3.05, 3.63) is 48.0 Å². The van der Waals surface area contributed by atoms with E-state index in [1.54, 1.807) is 39.3 Å². The van der Waals surface area contributed by atoms with Crippen LogP contribution in [0.3, 0.4) is 0 Å². The number of nitrogens with zero attached hydrogens (tertiary/aromatic N) is 1. The summed E-state index contributed by atoms with van der Waals surface area (Å²) in [6, 6.07) is 12.3. The quantitative estimate of drug-likeness (QED) is 0.439. The second-order valence-corrected chi connectivity index (χ2v) is 5.28. The van der Waals surface area contributed by atoms with Crippen molar-refractivity contribution in [2.75, 3.05) is 19.5 Å². The van der Waals surface area contributed by atoms with Gasteiger partial charge in [0.15, 0.2) is 5.11 Å². The molecule has 0 amide bonds. The number of aromatic hydroxyl groups is 1. The van der Waals surface area contributed by atoms with E-state index in [4.69, 9.17) is 21.7 Å². The Morgan fingerprint density at radius 2 is 1.67 bits per heavy atom. The van der Waals surface area contributed by atoms with Gasteiger partial charge in [-0.1, -0.05) is 0 Å². The molecule has 0 aliphatic carbocycles. The van der Waals surface area contributed by atoms with E-state index < -0.39 is 0 Å². The van der Waals surface area contributed by atoms with Crippen LogP contribution in [0.4, 0.5) is 5.69 Å². The van der Waals surface area contributed by atoms with E-state index in [1.807, 2.05) is 24.3 Å². The van der Waals surface area contributed by atoms with Crippen molar-refractivity contribution >= 4 is 28.7 Å². The predicted molar refractivity (Wildman–Crippen MR) is 99.2 cm³/mol. The highest BCUT2D eigenvalue weighted by Gasteiger charge is 2.07. The highest BCUT2D eigenvalue weighted by Crippen LogP contribution is 2.23. The molecule has 3 N–H and O–H groups in total. The van der Waals surface area contributed by atoms with Gasteiger partial charge in [-0.3, -0.25) is 5.43 Å². The first kappa shape index (κ1) is 17.6. The summed E-state index contributed by atoms with van der Waals surface area (Å²) in [4.78, 5) is 0. The number of hydrogen-bond donors (Lipinski definition) is 3. The van der Waals surface area contributed by atoms with E-state index in [2.05, 4.69) is 15.8 Å². The summed E-state index contributed by atoms with van der Waals surface area (Å²) in [5.41, 5.74) is 4.70. The summed E-state index contributed by atoms with van der Waals surface area (Å²) in [7, 11) is 3.18. The predicted octanol–water partition coefficient (Wildman–Crippen LogP) is 3.12. The molecule has 126 valence electrons. The lowest BCUT2D eigenvalue weighted by atomic mass is 10.1. The molecule has 2 rings (SSSR count). The first-order chi connectivity index (χ1) is 11.5. The molecule has 0 aliphatic heterocycles. The Balaban J connectivity index is 2.02. The maximum atomic E-state index is 9.93. The molecule has 0 saturated heterocycles. The van der Waals surface area contributed by atoms with Crippen molar-refractivity contribution in [1.82, 2.24) is 5.43 Å². The second-order valence-electron chi connectivity index (χ2n) is 4.87. The number of hydrazone groups is 1. The van der Waals surface area contributed by atoms with Crippen LogP contribution >= 0.6 is 12.2 Å². The molecular formula is C17H19N3O3S. The molecule has 7 heteroatoms. The minimum absolute atomic E-state index is 0.118. The van der Waals surface area contributed by atoms with Crippen molar-refractivity contribution in [2.24, 2.45) is 5.10 Å². The van der Waals surface area contributed by atoms with Crippen LogP contribution in [0.5, 0.6) is 17.2 Å². The number of anilines is 1. The minimum Gasteiger partial charge on any atom is -0.507 e. The first-order valence-electron chi connectivity index (χ1n) is 7.16. The van der Waals surface area contributed by atoms with Gasteiger partial charge in [-0.2, -0.15) is 5.10 Å². The molecule has 6 nitrogen and oxygen atoms in total. The fourth-order valence-electron chi connectivity index (χ4n) is 1.96. The lowest BCUT2D eigenvalue weighted by molar-refractivity contribution is 0.412. The van der Waals surface area contributed by atoms with Gasteiger partial charge in [-0.25, -0.2) is 0 Å². The zero-order valence-corrected chi connectivity index (χ0v) is 14.5. The van der Waals surface area contributed by atoms with Gasteiger partial charge in [-0.05, 0) is 61.6 Å². The number of nitrogens with one attached hydrogen (secondary N) is 2. The lowest BCUT2D eigenvalue weighted by Gasteiger charge is -2.10. The van der Waals surface area contributed by atoms with E-state index >= 15 is 0 Å². The number of phenolic OH excluding ortho intramolecular Hbond substituents is 1. The summed E-state index contributed by atoms with van der Waals surface area (Å²) in [5, 5.41) is 17.5. The van der Waals surface area contributed by atoms with Gasteiger partial charge in [0.2, 0.25) is 0 Å². The second kappa shape index (κ2) is 8.16. The van der Waals surface area contributed by atoms with Crippen LogP contribution in [0.25, 0.3) is 0 Å². The number of rotatable bonds is 5. The standard InChI is InChI=1S/C17H19N3O3S/c1-11(15-10-14(23-3)8-9-16(15)21)19-20-17(24)18-12-4-6-13(22-2)7-5-12/h4-10,21H,1-3H3,(H2,18,20,24)/b19-11+. The maximum Gasteiger partial charge on any atom is 0.191 e. The average molecular weight is 345 g/mol. The van der Waals surface area contributed by atoms with Crippen LogP contribution in [-0.4, -0.2) is 30.2 Å². The molecule has 0 fully saturated rings. The fraction of sp³-hybridized carbons (Fsp3) is 0.176. The molecule has 0 unspecified atom stereocenters. The van der Waals surface area contributed by atoms with E-state index in [1.165, 1.54) is 0 Å². The molecule has 0 heterocycles. The van der Waals surface area contributed by atoms with Crippen molar-refractivity contribution in [3.8, 4) is 17.2 Å². The molecule has 2 aromatic carbocycles. The summed E-state index contributed by atoms with van der Waals surface area (Å²) < 4.78 is 10.2. The van der Waals surface area contributed by atoms with Crippen LogP contribution < -0.4 is 20.2 Å². The number of methoxy groups -OCH3 is 2. The topological polar surface area (TPSA) is 75.1 Å². The Morgan fingerprint density at radius 1 is 1.04 bits per heavy atom. The normalized spacial score (nSPS) is 10.9. The Bertz CT molecular complexity index is 745. The molecule has 0 saturated carbocycles. The third-order valence-corrected chi connectivity index (χ3v) is 3.46. The molecule has 0 spiro atoms. The van der Waals surface area contributed by atoms with E-state index in [-0.39, 0.29) is 5.75 Å². The SMILES string of the molecule is COc1ccc(NC(=S)N/N=C(\C)c2cc(OC)ccc2O)cc1. The van der Waals surface area contributed by atoms with Crippen LogP contribution in [-0.2, 0) is 0 Å². The summed E-state index contributed by atoms with van der Waals surface area (Å²) in [6.45, 7) is 1.76. The van der Waals surface area contributed by atoms with Crippen LogP contribution in [0.15, 0.2) is 47.6 Å². The summed E-state index contributed by atoms with van der Waals surface area (Å²) in [6.07, 6.45) is 0. The maximum absolute atomic E-state index is 9.93. The molecule has 2 aromatic rings. The van der Waals surface area contributed by atoms with Gasteiger partial charge < -0.3 is 19.9 Å². The first-order valence-corrected chi connectivity index (χ1v) is 7.57. The number of phenols is 1. The molecular weight excluding hydrogens is 326 g/mol. The van der Waals surface area contributed by atoms with Gasteiger partial charge in [0.05, 0.1) is 19.9 Å². The van der Waals surface area contributed by atoms with Gasteiger partial charge in [0.25, 0.3) is 0 Å². The highest BCUT2D eigenvalue weighted by atomic mass is 32.1. The molecule has 24 heavy (non-hydrogen) atoms. The molecule has 0 atom stereocenters. The van der Waals surface area contributed by atoms with Gasteiger partial charge in [-0.15, -0.1) is 0 Å². The largest absolute Gasteiger partial charge is 0.507 e. The lowest BCUT2D eigenvalue weighted by Crippen LogP contribution is -2.24. The Labute approximate surface area is 146 Å². The zero-order valence-electron chi connectivity index (χ0n) is 13.7. The van der Waals surface area contributed by atoms with E-state index in [0.29, 0.717) is 22.1 Å². The molecule has 0 bridgehead atoms. The number of thiocarbonyl (C=S) groups is 1. The van der Waals surface area contributed by atoms with Gasteiger partial charge >= 0.3 is 0 Å². The molecule has 0 aromatic heterocycles. The Hall–Kier alpha value is -2.80. The smallest absolute Gasteiger partial charge is 0.191 e.